The number of aryl methyl sites for hydroxylation is 1. The maximum absolute atomic E-state index is 12.6. The maximum atomic E-state index is 12.6. The van der Waals surface area contributed by atoms with Crippen LogP contribution in [0, 0.1) is 6.92 Å². The Kier molecular flexibility index (Phi) is 5.32. The molecule has 1 fully saturated rings. The molecule has 0 radical (unpaired) electrons. The van der Waals surface area contributed by atoms with Crippen molar-refractivity contribution in [3.63, 3.8) is 0 Å². The molecule has 0 spiro atoms. The number of urea groups is 1. The van der Waals surface area contributed by atoms with E-state index in [4.69, 9.17) is 16.3 Å². The first-order chi connectivity index (χ1) is 13.3. The number of carbonyl (C=O) groups is 4. The predicted octanol–water partition coefficient (Wildman–Crippen LogP) is 2.59. The van der Waals surface area contributed by atoms with Crippen molar-refractivity contribution in [3.05, 3.63) is 53.1 Å². The normalized spacial score (nSPS) is 13.9. The van der Waals surface area contributed by atoms with Crippen molar-refractivity contribution in [2.45, 2.75) is 6.92 Å². The lowest BCUT2D eigenvalue weighted by atomic mass is 10.2. The van der Waals surface area contributed by atoms with Crippen molar-refractivity contribution >= 4 is 46.7 Å². The smallest absolute Gasteiger partial charge is 0.339 e. The zero-order valence-corrected chi connectivity index (χ0v) is 15.8. The van der Waals surface area contributed by atoms with Crippen molar-refractivity contribution < 1.29 is 23.9 Å². The summed E-state index contributed by atoms with van der Waals surface area (Å²) in [5, 5.41) is 2.85. The number of ether oxygens (including phenoxy) is 1. The van der Waals surface area contributed by atoms with Crippen LogP contribution in [0.25, 0.3) is 0 Å². The summed E-state index contributed by atoms with van der Waals surface area (Å²) in [5.74, 6) is -2.24. The topological polar surface area (TPSA) is 96.0 Å². The number of methoxy groups -OCH3 is 1. The highest BCUT2D eigenvalue weighted by Gasteiger charge is 2.46. The second-order valence-electron chi connectivity index (χ2n) is 6.04. The van der Waals surface area contributed by atoms with Crippen molar-refractivity contribution in [2.75, 3.05) is 23.9 Å². The van der Waals surface area contributed by atoms with Crippen LogP contribution in [0.5, 0.6) is 5.75 Å². The first-order valence-corrected chi connectivity index (χ1v) is 8.59. The SMILES string of the molecule is COc1ccc(N2C(=O)C(=O)N(CC(=O)Nc3ccc(C)cc3Cl)C2=O)cc1. The van der Waals surface area contributed by atoms with Gasteiger partial charge in [0, 0.05) is 0 Å². The van der Waals surface area contributed by atoms with E-state index in [1.54, 1.807) is 30.3 Å². The van der Waals surface area contributed by atoms with Crippen molar-refractivity contribution in [1.82, 2.24) is 4.90 Å². The maximum Gasteiger partial charge on any atom is 0.339 e. The number of hydrogen-bond acceptors (Lipinski definition) is 5. The van der Waals surface area contributed by atoms with E-state index in [9.17, 15) is 19.2 Å². The zero-order chi connectivity index (χ0) is 20.4. The van der Waals surface area contributed by atoms with Crippen LogP contribution in [0.15, 0.2) is 42.5 Å². The van der Waals surface area contributed by atoms with Crippen LogP contribution < -0.4 is 15.0 Å². The summed E-state index contributed by atoms with van der Waals surface area (Å²) in [6.07, 6.45) is 0. The molecular formula is C19H16ClN3O5. The molecule has 5 amide bonds. The third-order valence-corrected chi connectivity index (χ3v) is 4.40. The zero-order valence-electron chi connectivity index (χ0n) is 15.1. The quantitative estimate of drug-likeness (QED) is 0.613. The second kappa shape index (κ2) is 7.69. The number of nitrogens with one attached hydrogen (secondary N) is 1. The van der Waals surface area contributed by atoms with Gasteiger partial charge in [0.25, 0.3) is 0 Å². The highest BCUT2D eigenvalue weighted by Crippen LogP contribution is 2.25. The first kappa shape index (κ1) is 19.4. The molecule has 9 heteroatoms. The van der Waals surface area contributed by atoms with Crippen LogP contribution >= 0.6 is 11.6 Å². The molecule has 1 N–H and O–H groups in total. The molecule has 0 saturated carbocycles. The standard InChI is InChI=1S/C19H16ClN3O5/c1-11-3-8-15(14(20)9-11)21-16(24)10-22-17(25)18(26)23(19(22)27)12-4-6-13(28-2)7-5-12/h3-9H,10H2,1-2H3,(H,21,24). The molecule has 28 heavy (non-hydrogen) atoms. The van der Waals surface area contributed by atoms with E-state index in [2.05, 4.69) is 5.32 Å². The molecule has 1 aliphatic heterocycles. The minimum absolute atomic E-state index is 0.202. The van der Waals surface area contributed by atoms with Crippen LogP contribution in [0.4, 0.5) is 16.2 Å². The van der Waals surface area contributed by atoms with Crippen molar-refractivity contribution in [2.24, 2.45) is 0 Å². The molecule has 1 aliphatic rings. The number of halogens is 1. The molecule has 0 aromatic heterocycles. The number of anilines is 2. The van der Waals surface area contributed by atoms with E-state index in [0.29, 0.717) is 26.3 Å². The first-order valence-electron chi connectivity index (χ1n) is 8.22. The number of amides is 5. The summed E-state index contributed by atoms with van der Waals surface area (Å²) in [6, 6.07) is 10.2. The number of hydrogen-bond donors (Lipinski definition) is 1. The molecular weight excluding hydrogens is 386 g/mol. The summed E-state index contributed by atoms with van der Waals surface area (Å²) < 4.78 is 5.02. The van der Waals surface area contributed by atoms with E-state index in [1.165, 1.54) is 19.2 Å². The van der Waals surface area contributed by atoms with Gasteiger partial charge in [0.15, 0.2) is 0 Å². The molecule has 0 atom stereocenters. The van der Waals surface area contributed by atoms with Gasteiger partial charge in [-0.05, 0) is 48.9 Å². The fraction of sp³-hybridized carbons (Fsp3) is 0.158. The lowest BCUT2D eigenvalue weighted by molar-refractivity contribution is -0.140. The molecule has 0 bridgehead atoms. The Morgan fingerprint density at radius 3 is 2.36 bits per heavy atom. The van der Waals surface area contributed by atoms with Gasteiger partial charge in [-0.1, -0.05) is 17.7 Å². The minimum atomic E-state index is -1.08. The van der Waals surface area contributed by atoms with Crippen molar-refractivity contribution in [3.8, 4) is 5.75 Å². The van der Waals surface area contributed by atoms with E-state index >= 15 is 0 Å². The van der Waals surface area contributed by atoms with Gasteiger partial charge in [-0.2, -0.15) is 0 Å². The van der Waals surface area contributed by atoms with Crippen molar-refractivity contribution in [1.29, 1.82) is 0 Å². The third kappa shape index (κ3) is 3.67. The van der Waals surface area contributed by atoms with Crippen LogP contribution in [-0.4, -0.2) is 42.3 Å². The second-order valence-corrected chi connectivity index (χ2v) is 6.45. The van der Waals surface area contributed by atoms with E-state index < -0.39 is 30.3 Å². The molecule has 2 aromatic rings. The monoisotopic (exact) mass is 401 g/mol. The number of carbonyl (C=O) groups excluding carboxylic acids is 4. The van der Waals surface area contributed by atoms with Gasteiger partial charge >= 0.3 is 17.8 Å². The third-order valence-electron chi connectivity index (χ3n) is 4.08. The van der Waals surface area contributed by atoms with Gasteiger partial charge in [-0.15, -0.1) is 0 Å². The summed E-state index contributed by atoms with van der Waals surface area (Å²) in [6.45, 7) is 1.23. The number of benzene rings is 2. The minimum Gasteiger partial charge on any atom is -0.497 e. The molecule has 2 aromatic carbocycles. The van der Waals surface area contributed by atoms with Gasteiger partial charge < -0.3 is 10.1 Å². The Balaban J connectivity index is 1.75. The Bertz CT molecular complexity index is 974. The summed E-state index contributed by atoms with van der Waals surface area (Å²) in [5.41, 5.74) is 1.46. The molecule has 3 rings (SSSR count). The van der Waals surface area contributed by atoms with Gasteiger partial charge in [0.1, 0.15) is 12.3 Å². The lowest BCUT2D eigenvalue weighted by Crippen LogP contribution is -2.39. The van der Waals surface area contributed by atoms with Gasteiger partial charge in [0.05, 0.1) is 23.5 Å². The molecule has 1 heterocycles. The van der Waals surface area contributed by atoms with E-state index in [-0.39, 0.29) is 5.69 Å². The molecule has 0 unspecified atom stereocenters. The fourth-order valence-corrected chi connectivity index (χ4v) is 2.94. The predicted molar refractivity (Wildman–Crippen MR) is 102 cm³/mol. The molecule has 8 nitrogen and oxygen atoms in total. The average molecular weight is 402 g/mol. The molecule has 1 saturated heterocycles. The van der Waals surface area contributed by atoms with Gasteiger partial charge in [-0.3, -0.25) is 14.4 Å². The summed E-state index contributed by atoms with van der Waals surface area (Å²) in [7, 11) is 1.48. The Labute approximate surface area is 165 Å². The van der Waals surface area contributed by atoms with Gasteiger partial charge in [0.2, 0.25) is 5.91 Å². The number of nitrogens with zero attached hydrogens (tertiary/aromatic N) is 2. The van der Waals surface area contributed by atoms with Gasteiger partial charge in [-0.25, -0.2) is 14.6 Å². The number of rotatable bonds is 5. The number of imide groups is 2. The Morgan fingerprint density at radius 2 is 1.75 bits per heavy atom. The molecule has 144 valence electrons. The summed E-state index contributed by atoms with van der Waals surface area (Å²) >= 11 is 6.06. The highest BCUT2D eigenvalue weighted by atomic mass is 35.5. The van der Waals surface area contributed by atoms with E-state index in [1.807, 2.05) is 6.92 Å². The van der Waals surface area contributed by atoms with Crippen LogP contribution in [-0.2, 0) is 14.4 Å². The fourth-order valence-electron chi connectivity index (χ4n) is 2.66. The Hall–Kier alpha value is -3.39. The van der Waals surface area contributed by atoms with Crippen LogP contribution in [0.2, 0.25) is 5.02 Å². The molecule has 0 aliphatic carbocycles. The Morgan fingerprint density at radius 1 is 1.07 bits per heavy atom. The van der Waals surface area contributed by atoms with Crippen LogP contribution in [0.1, 0.15) is 5.56 Å². The van der Waals surface area contributed by atoms with E-state index in [0.717, 1.165) is 5.56 Å². The van der Waals surface area contributed by atoms with Crippen LogP contribution in [0.3, 0.4) is 0 Å². The largest absolute Gasteiger partial charge is 0.497 e. The average Bonchev–Trinajstić information content (AvgIpc) is 2.87. The highest BCUT2D eigenvalue weighted by molar-refractivity contribution is 6.53. The lowest BCUT2D eigenvalue weighted by Gasteiger charge is -2.16. The summed E-state index contributed by atoms with van der Waals surface area (Å²) in [4.78, 5) is 50.6.